The SMILES string of the molecule is O=C(N[C@@H](Cc1ccccc1)C(=O)OC[C@@H](Cc1ccccc1)NS(=O)(=O)c1ccc(C(F)(F)F)cc1)c1ccccc1. The van der Waals surface area contributed by atoms with Crippen LogP contribution in [0.3, 0.4) is 0 Å². The van der Waals surface area contributed by atoms with E-state index >= 15 is 0 Å². The minimum absolute atomic E-state index is 0.119. The van der Waals surface area contributed by atoms with Crippen LogP contribution in [0.4, 0.5) is 13.2 Å². The Hall–Kier alpha value is -4.48. The first kappa shape index (κ1) is 31.5. The van der Waals surface area contributed by atoms with Crippen LogP contribution >= 0.6 is 0 Å². The predicted molar refractivity (Wildman–Crippen MR) is 155 cm³/mol. The molecule has 2 N–H and O–H groups in total. The van der Waals surface area contributed by atoms with Gasteiger partial charge in [0, 0.05) is 12.0 Å². The third kappa shape index (κ3) is 9.25. The molecule has 0 aliphatic rings. The fraction of sp³-hybridized carbons (Fsp3) is 0.188. The summed E-state index contributed by atoms with van der Waals surface area (Å²) < 4.78 is 73.2. The summed E-state index contributed by atoms with van der Waals surface area (Å²) in [7, 11) is -4.29. The molecule has 11 heteroatoms. The second-order valence-electron chi connectivity index (χ2n) is 9.74. The number of sulfonamides is 1. The maximum atomic E-state index is 13.3. The van der Waals surface area contributed by atoms with Crippen LogP contribution < -0.4 is 10.0 Å². The van der Waals surface area contributed by atoms with Crippen LogP contribution in [0.25, 0.3) is 0 Å². The molecule has 7 nitrogen and oxygen atoms in total. The Balaban J connectivity index is 1.52. The average Bonchev–Trinajstić information content (AvgIpc) is 3.00. The van der Waals surface area contributed by atoms with Crippen LogP contribution in [0.1, 0.15) is 27.0 Å². The first-order chi connectivity index (χ1) is 20.5. The van der Waals surface area contributed by atoms with Crippen molar-refractivity contribution in [2.45, 2.75) is 36.0 Å². The van der Waals surface area contributed by atoms with Crippen molar-refractivity contribution in [2.75, 3.05) is 6.61 Å². The smallest absolute Gasteiger partial charge is 0.416 e. The maximum absolute atomic E-state index is 13.3. The highest BCUT2D eigenvalue weighted by atomic mass is 32.2. The van der Waals surface area contributed by atoms with Crippen molar-refractivity contribution < 1.29 is 35.9 Å². The lowest BCUT2D eigenvalue weighted by Gasteiger charge is -2.22. The first-order valence-electron chi connectivity index (χ1n) is 13.3. The van der Waals surface area contributed by atoms with Gasteiger partial charge in [0.15, 0.2) is 0 Å². The zero-order chi connectivity index (χ0) is 30.9. The Morgan fingerprint density at radius 1 is 0.721 bits per heavy atom. The molecule has 2 atom stereocenters. The van der Waals surface area contributed by atoms with Gasteiger partial charge >= 0.3 is 12.1 Å². The van der Waals surface area contributed by atoms with E-state index in [1.807, 2.05) is 6.07 Å². The van der Waals surface area contributed by atoms with Gasteiger partial charge in [-0.05, 0) is 53.9 Å². The summed E-state index contributed by atoms with van der Waals surface area (Å²) >= 11 is 0. The maximum Gasteiger partial charge on any atom is 0.416 e. The minimum atomic E-state index is -4.62. The number of benzene rings is 4. The highest BCUT2D eigenvalue weighted by Gasteiger charge is 2.31. The van der Waals surface area contributed by atoms with Gasteiger partial charge in [0.25, 0.3) is 5.91 Å². The normalized spacial score (nSPS) is 13.1. The number of rotatable bonds is 12. The molecule has 0 heterocycles. The number of amides is 1. The van der Waals surface area contributed by atoms with Crippen LogP contribution in [0.15, 0.2) is 120 Å². The molecular formula is C32H29F3N2O5S. The number of nitrogens with one attached hydrogen (secondary N) is 2. The van der Waals surface area contributed by atoms with Crippen molar-refractivity contribution in [2.24, 2.45) is 0 Å². The van der Waals surface area contributed by atoms with E-state index in [0.29, 0.717) is 17.7 Å². The summed E-state index contributed by atoms with van der Waals surface area (Å²) in [6, 6.07) is 27.2. The fourth-order valence-corrected chi connectivity index (χ4v) is 5.52. The lowest BCUT2D eigenvalue weighted by molar-refractivity contribution is -0.146. The molecule has 1 amide bonds. The molecule has 43 heavy (non-hydrogen) atoms. The summed E-state index contributed by atoms with van der Waals surface area (Å²) in [5, 5.41) is 2.70. The Morgan fingerprint density at radius 2 is 1.23 bits per heavy atom. The van der Waals surface area contributed by atoms with Gasteiger partial charge in [0.05, 0.1) is 16.5 Å². The van der Waals surface area contributed by atoms with Gasteiger partial charge in [-0.3, -0.25) is 4.79 Å². The van der Waals surface area contributed by atoms with Crippen molar-refractivity contribution in [1.29, 1.82) is 0 Å². The van der Waals surface area contributed by atoms with Crippen LogP contribution in [0.2, 0.25) is 0 Å². The van der Waals surface area contributed by atoms with Crippen molar-refractivity contribution in [3.8, 4) is 0 Å². The summed E-state index contributed by atoms with van der Waals surface area (Å²) in [5.41, 5.74) is 0.862. The lowest BCUT2D eigenvalue weighted by Crippen LogP contribution is -2.46. The second kappa shape index (κ2) is 14.1. The van der Waals surface area contributed by atoms with Gasteiger partial charge < -0.3 is 10.1 Å². The van der Waals surface area contributed by atoms with Crippen molar-refractivity contribution in [3.63, 3.8) is 0 Å². The Labute approximate surface area is 247 Å². The van der Waals surface area contributed by atoms with Gasteiger partial charge in [0.2, 0.25) is 10.0 Å². The molecule has 0 unspecified atom stereocenters. The molecule has 4 aromatic carbocycles. The van der Waals surface area contributed by atoms with Crippen LogP contribution in [-0.2, 0) is 38.6 Å². The predicted octanol–water partition coefficient (Wildman–Crippen LogP) is 5.18. The molecule has 0 aromatic heterocycles. The topological polar surface area (TPSA) is 102 Å². The molecule has 0 saturated carbocycles. The Morgan fingerprint density at radius 3 is 1.77 bits per heavy atom. The second-order valence-corrected chi connectivity index (χ2v) is 11.5. The van der Waals surface area contributed by atoms with E-state index < -0.39 is 52.3 Å². The summed E-state index contributed by atoms with van der Waals surface area (Å²) in [6.45, 7) is -0.403. The molecule has 0 saturated heterocycles. The zero-order valence-corrected chi connectivity index (χ0v) is 23.6. The highest BCUT2D eigenvalue weighted by molar-refractivity contribution is 7.89. The number of carbonyl (C=O) groups is 2. The van der Waals surface area contributed by atoms with Crippen LogP contribution in [0.5, 0.6) is 0 Å². The number of halogens is 3. The molecule has 0 aliphatic carbocycles. The van der Waals surface area contributed by atoms with Crippen molar-refractivity contribution in [3.05, 3.63) is 138 Å². The lowest BCUT2D eigenvalue weighted by atomic mass is 10.1. The number of ether oxygens (including phenoxy) is 1. The quantitative estimate of drug-likeness (QED) is 0.215. The van der Waals surface area contributed by atoms with E-state index in [2.05, 4.69) is 10.0 Å². The zero-order valence-electron chi connectivity index (χ0n) is 22.8. The van der Waals surface area contributed by atoms with E-state index in [-0.39, 0.29) is 17.7 Å². The van der Waals surface area contributed by atoms with E-state index in [9.17, 15) is 31.2 Å². The van der Waals surface area contributed by atoms with Gasteiger partial charge in [-0.2, -0.15) is 13.2 Å². The third-order valence-corrected chi connectivity index (χ3v) is 8.01. The van der Waals surface area contributed by atoms with E-state index in [0.717, 1.165) is 23.3 Å². The van der Waals surface area contributed by atoms with Gasteiger partial charge in [-0.1, -0.05) is 78.9 Å². The Kier molecular flexibility index (Phi) is 10.3. The molecule has 0 bridgehead atoms. The molecule has 4 aromatic rings. The van der Waals surface area contributed by atoms with Gasteiger partial charge in [-0.25, -0.2) is 17.9 Å². The number of esters is 1. The molecule has 0 spiro atoms. The van der Waals surface area contributed by atoms with E-state index in [1.165, 1.54) is 0 Å². The first-order valence-corrected chi connectivity index (χ1v) is 14.8. The summed E-state index contributed by atoms with van der Waals surface area (Å²) in [5.74, 6) is -1.26. The molecule has 0 aliphatic heterocycles. The Bertz CT molecular complexity index is 1600. The average molecular weight is 611 g/mol. The van der Waals surface area contributed by atoms with Gasteiger partial charge in [0.1, 0.15) is 12.6 Å². The highest BCUT2D eigenvalue weighted by Crippen LogP contribution is 2.29. The number of hydrogen-bond donors (Lipinski definition) is 2. The largest absolute Gasteiger partial charge is 0.462 e. The van der Waals surface area contributed by atoms with Crippen LogP contribution in [0, 0.1) is 0 Å². The standard InChI is InChI=1S/C32H29F3N2O5S/c33-32(34,35)26-16-18-28(19-17-26)43(40,41)37-27(20-23-10-4-1-5-11-23)22-42-31(39)29(21-24-12-6-2-7-13-24)36-30(38)25-14-8-3-9-15-25/h1-19,27,29,37H,20-22H2,(H,36,38)/t27-,29+/m1/s1. The van der Waals surface area contributed by atoms with E-state index in [1.54, 1.807) is 84.9 Å². The monoisotopic (exact) mass is 610 g/mol. The number of alkyl halides is 3. The minimum Gasteiger partial charge on any atom is -0.462 e. The van der Waals surface area contributed by atoms with Crippen LogP contribution in [-0.4, -0.2) is 39.0 Å². The number of carbonyl (C=O) groups excluding carboxylic acids is 2. The summed E-state index contributed by atoms with van der Waals surface area (Å²) in [6.07, 6.45) is -4.38. The van der Waals surface area contributed by atoms with Crippen molar-refractivity contribution in [1.82, 2.24) is 10.0 Å². The number of hydrogen-bond acceptors (Lipinski definition) is 5. The molecular weight excluding hydrogens is 581 g/mol. The van der Waals surface area contributed by atoms with E-state index in [4.69, 9.17) is 4.74 Å². The van der Waals surface area contributed by atoms with Crippen molar-refractivity contribution >= 4 is 21.9 Å². The molecule has 0 radical (unpaired) electrons. The summed E-state index contributed by atoms with van der Waals surface area (Å²) in [4.78, 5) is 25.8. The molecule has 0 fully saturated rings. The van der Waals surface area contributed by atoms with Gasteiger partial charge in [-0.15, -0.1) is 0 Å². The fourth-order valence-electron chi connectivity index (χ4n) is 4.30. The third-order valence-electron chi connectivity index (χ3n) is 6.47. The molecule has 224 valence electrons. The molecule has 4 rings (SSSR count).